The van der Waals surface area contributed by atoms with Crippen LogP contribution in [0.25, 0.3) is 0 Å². The van der Waals surface area contributed by atoms with Gasteiger partial charge in [0.05, 0.1) is 18.2 Å². The molecule has 0 N–H and O–H groups in total. The van der Waals surface area contributed by atoms with Gasteiger partial charge in [0.25, 0.3) is 0 Å². The van der Waals surface area contributed by atoms with E-state index in [0.29, 0.717) is 23.8 Å². The summed E-state index contributed by atoms with van der Waals surface area (Å²) in [5, 5.41) is 11.5. The SMILES string of the molecule is CCOC(=O)c1nnn(Cc2noc(CC)n2)c1CCl. The van der Waals surface area contributed by atoms with Crippen molar-refractivity contribution < 1.29 is 14.1 Å². The Morgan fingerprint density at radius 1 is 1.45 bits per heavy atom. The minimum absolute atomic E-state index is 0.0830. The molecular weight excluding hydrogens is 286 g/mol. The standard InChI is InChI=1S/C11H14ClN5O3/c1-3-9-13-8(15-20-9)6-17-7(5-12)10(14-16-17)11(18)19-4-2/h3-6H2,1-2H3. The third-order valence-electron chi connectivity index (χ3n) is 2.54. The summed E-state index contributed by atoms with van der Waals surface area (Å²) < 4.78 is 11.4. The van der Waals surface area contributed by atoms with E-state index in [0.717, 1.165) is 0 Å². The van der Waals surface area contributed by atoms with Crippen molar-refractivity contribution in [1.29, 1.82) is 0 Å². The molecule has 20 heavy (non-hydrogen) atoms. The lowest BCUT2D eigenvalue weighted by molar-refractivity contribution is 0.0518. The minimum Gasteiger partial charge on any atom is -0.461 e. The maximum atomic E-state index is 11.7. The Balaban J connectivity index is 2.21. The number of halogens is 1. The fraction of sp³-hybridized carbons (Fsp3) is 0.545. The second-order valence-corrected chi connectivity index (χ2v) is 4.12. The first-order valence-electron chi connectivity index (χ1n) is 6.16. The predicted octanol–water partition coefficient (Wildman–Crippen LogP) is 1.19. The Labute approximate surface area is 120 Å². The zero-order chi connectivity index (χ0) is 14.5. The van der Waals surface area contributed by atoms with Crippen LogP contribution in [0.15, 0.2) is 4.52 Å². The highest BCUT2D eigenvalue weighted by molar-refractivity contribution is 6.17. The molecule has 108 valence electrons. The van der Waals surface area contributed by atoms with E-state index >= 15 is 0 Å². The molecule has 0 atom stereocenters. The van der Waals surface area contributed by atoms with Crippen molar-refractivity contribution in [2.24, 2.45) is 0 Å². The zero-order valence-electron chi connectivity index (χ0n) is 11.2. The van der Waals surface area contributed by atoms with Gasteiger partial charge >= 0.3 is 5.97 Å². The fourth-order valence-corrected chi connectivity index (χ4v) is 1.85. The van der Waals surface area contributed by atoms with E-state index < -0.39 is 5.97 Å². The molecule has 2 aromatic rings. The molecule has 0 amide bonds. The molecule has 9 heteroatoms. The topological polar surface area (TPSA) is 95.9 Å². The molecule has 0 aliphatic rings. The summed E-state index contributed by atoms with van der Waals surface area (Å²) in [6.07, 6.45) is 0.654. The van der Waals surface area contributed by atoms with Crippen LogP contribution in [0.2, 0.25) is 0 Å². The molecule has 0 bridgehead atoms. The van der Waals surface area contributed by atoms with Crippen molar-refractivity contribution in [3.63, 3.8) is 0 Å². The van der Waals surface area contributed by atoms with E-state index in [9.17, 15) is 4.79 Å². The van der Waals surface area contributed by atoms with Gasteiger partial charge in [-0.25, -0.2) is 9.48 Å². The van der Waals surface area contributed by atoms with Crippen molar-refractivity contribution in [1.82, 2.24) is 25.1 Å². The summed E-state index contributed by atoms with van der Waals surface area (Å²) in [6.45, 7) is 4.13. The summed E-state index contributed by atoms with van der Waals surface area (Å²) in [4.78, 5) is 15.9. The Bertz CT molecular complexity index is 595. The average molecular weight is 300 g/mol. The molecule has 0 aliphatic heterocycles. The molecule has 2 aromatic heterocycles. The van der Waals surface area contributed by atoms with E-state index in [1.165, 1.54) is 4.68 Å². The van der Waals surface area contributed by atoms with Gasteiger partial charge in [-0.05, 0) is 6.92 Å². The largest absolute Gasteiger partial charge is 0.461 e. The fourth-order valence-electron chi connectivity index (χ4n) is 1.58. The molecular formula is C11H14ClN5O3. The molecule has 0 saturated heterocycles. The van der Waals surface area contributed by atoms with Gasteiger partial charge in [0.1, 0.15) is 6.54 Å². The Kier molecular flexibility index (Phi) is 4.67. The van der Waals surface area contributed by atoms with E-state index in [-0.39, 0.29) is 24.7 Å². The van der Waals surface area contributed by atoms with E-state index in [1.54, 1.807) is 6.92 Å². The average Bonchev–Trinajstić information content (AvgIpc) is 3.05. The molecule has 0 saturated carbocycles. The van der Waals surface area contributed by atoms with Crippen LogP contribution in [-0.4, -0.2) is 37.7 Å². The van der Waals surface area contributed by atoms with Crippen molar-refractivity contribution in [3.8, 4) is 0 Å². The number of ether oxygens (including phenoxy) is 1. The molecule has 0 unspecified atom stereocenters. The highest BCUT2D eigenvalue weighted by atomic mass is 35.5. The lowest BCUT2D eigenvalue weighted by atomic mass is 10.3. The molecule has 0 fully saturated rings. The van der Waals surface area contributed by atoms with Crippen LogP contribution in [0.1, 0.15) is 41.7 Å². The van der Waals surface area contributed by atoms with Gasteiger partial charge in [0.15, 0.2) is 11.5 Å². The van der Waals surface area contributed by atoms with Gasteiger partial charge in [0, 0.05) is 6.42 Å². The highest BCUT2D eigenvalue weighted by Crippen LogP contribution is 2.12. The van der Waals surface area contributed by atoms with Gasteiger partial charge in [-0.3, -0.25) is 0 Å². The summed E-state index contributed by atoms with van der Waals surface area (Å²) in [7, 11) is 0. The van der Waals surface area contributed by atoms with Crippen molar-refractivity contribution in [2.75, 3.05) is 6.61 Å². The van der Waals surface area contributed by atoms with Crippen LogP contribution in [0.3, 0.4) is 0 Å². The first-order chi connectivity index (χ1) is 9.69. The molecule has 2 heterocycles. The number of aromatic nitrogens is 5. The van der Waals surface area contributed by atoms with Crippen molar-refractivity contribution in [2.45, 2.75) is 32.7 Å². The number of esters is 1. The van der Waals surface area contributed by atoms with E-state index in [2.05, 4.69) is 20.5 Å². The Morgan fingerprint density at radius 2 is 2.25 bits per heavy atom. The summed E-state index contributed by atoms with van der Waals surface area (Å²) >= 11 is 5.85. The van der Waals surface area contributed by atoms with E-state index in [1.807, 2.05) is 6.92 Å². The summed E-state index contributed by atoms with van der Waals surface area (Å²) in [5.41, 5.74) is 0.578. The maximum absolute atomic E-state index is 11.7. The van der Waals surface area contributed by atoms with Gasteiger partial charge in [-0.1, -0.05) is 17.3 Å². The van der Waals surface area contributed by atoms with E-state index in [4.69, 9.17) is 20.9 Å². The third kappa shape index (κ3) is 2.96. The number of hydrogen-bond acceptors (Lipinski definition) is 7. The van der Waals surface area contributed by atoms with Crippen molar-refractivity contribution >= 4 is 17.6 Å². The molecule has 8 nitrogen and oxygen atoms in total. The van der Waals surface area contributed by atoms with Crippen LogP contribution in [0.4, 0.5) is 0 Å². The monoisotopic (exact) mass is 299 g/mol. The van der Waals surface area contributed by atoms with Crippen LogP contribution < -0.4 is 0 Å². The first-order valence-corrected chi connectivity index (χ1v) is 6.69. The number of nitrogens with zero attached hydrogens (tertiary/aromatic N) is 5. The lowest BCUT2D eigenvalue weighted by Crippen LogP contribution is -2.11. The van der Waals surface area contributed by atoms with Crippen LogP contribution in [0.5, 0.6) is 0 Å². The number of carbonyl (C=O) groups is 1. The van der Waals surface area contributed by atoms with Gasteiger partial charge < -0.3 is 9.26 Å². The third-order valence-corrected chi connectivity index (χ3v) is 2.79. The van der Waals surface area contributed by atoms with Crippen LogP contribution in [-0.2, 0) is 23.6 Å². The smallest absolute Gasteiger partial charge is 0.360 e. The molecule has 0 aliphatic carbocycles. The quantitative estimate of drug-likeness (QED) is 0.584. The second kappa shape index (κ2) is 6.47. The van der Waals surface area contributed by atoms with Crippen molar-refractivity contribution in [3.05, 3.63) is 23.1 Å². The van der Waals surface area contributed by atoms with Crippen LogP contribution >= 0.6 is 11.6 Å². The van der Waals surface area contributed by atoms with Crippen LogP contribution in [0, 0.1) is 0 Å². The highest BCUT2D eigenvalue weighted by Gasteiger charge is 2.21. The minimum atomic E-state index is -0.545. The Hall–Kier alpha value is -1.96. The number of hydrogen-bond donors (Lipinski definition) is 0. The zero-order valence-corrected chi connectivity index (χ0v) is 11.9. The molecule has 0 radical (unpaired) electrons. The Morgan fingerprint density at radius 3 is 2.85 bits per heavy atom. The number of aryl methyl sites for hydroxylation is 1. The van der Waals surface area contributed by atoms with Gasteiger partial charge in [-0.2, -0.15) is 4.98 Å². The molecule has 0 aromatic carbocycles. The van der Waals surface area contributed by atoms with Gasteiger partial charge in [-0.15, -0.1) is 16.7 Å². The second-order valence-electron chi connectivity index (χ2n) is 3.85. The van der Waals surface area contributed by atoms with Gasteiger partial charge in [0.2, 0.25) is 5.89 Å². The number of rotatable bonds is 6. The first kappa shape index (κ1) is 14.4. The normalized spacial score (nSPS) is 10.8. The number of alkyl halides is 1. The molecule has 0 spiro atoms. The molecule has 2 rings (SSSR count). The number of carbonyl (C=O) groups excluding carboxylic acids is 1. The summed E-state index contributed by atoms with van der Waals surface area (Å²) in [6, 6.07) is 0. The predicted molar refractivity (Wildman–Crippen MR) is 68.3 cm³/mol. The summed E-state index contributed by atoms with van der Waals surface area (Å²) in [5.74, 6) is 0.531. The lowest BCUT2D eigenvalue weighted by Gasteiger charge is -2.02. The maximum Gasteiger partial charge on any atom is 0.360 e.